The van der Waals surface area contributed by atoms with E-state index in [0.717, 1.165) is 11.1 Å². The smallest absolute Gasteiger partial charge is 0.375 e. The zero-order chi connectivity index (χ0) is 29.3. The van der Waals surface area contributed by atoms with E-state index >= 15 is 0 Å². The molecular formula is C32H20F3N3O3S. The monoisotopic (exact) mass is 583 g/mol. The Kier molecular flexibility index (Phi) is 6.91. The molecule has 0 N–H and O–H groups in total. The first kappa shape index (κ1) is 27.1. The first-order chi connectivity index (χ1) is 20.2. The van der Waals surface area contributed by atoms with Gasteiger partial charge >= 0.3 is 15.6 Å². The molecule has 0 unspecified atom stereocenters. The third kappa shape index (κ3) is 5.31. The molecule has 0 aliphatic rings. The van der Waals surface area contributed by atoms with Crippen molar-refractivity contribution in [3.05, 3.63) is 121 Å². The summed E-state index contributed by atoms with van der Waals surface area (Å²) >= 11 is 0. The van der Waals surface area contributed by atoms with Crippen molar-refractivity contribution in [1.29, 1.82) is 0 Å². The lowest BCUT2D eigenvalue weighted by Crippen LogP contribution is -2.28. The Morgan fingerprint density at radius 1 is 0.524 bits per heavy atom. The highest BCUT2D eigenvalue weighted by Crippen LogP contribution is 2.38. The predicted molar refractivity (Wildman–Crippen MR) is 155 cm³/mol. The maximum Gasteiger partial charge on any atom is 0.534 e. The summed E-state index contributed by atoms with van der Waals surface area (Å²) in [6, 6.07) is 35.6. The van der Waals surface area contributed by atoms with Crippen LogP contribution >= 0.6 is 0 Å². The molecule has 6 aromatic rings. The molecule has 6 nitrogen and oxygen atoms in total. The summed E-state index contributed by atoms with van der Waals surface area (Å²) in [6.07, 6.45) is 0. The fraction of sp³-hybridized carbons (Fsp3) is 0.0312. The lowest BCUT2D eigenvalue weighted by atomic mass is 9.97. The molecule has 42 heavy (non-hydrogen) atoms. The molecule has 0 saturated heterocycles. The lowest BCUT2D eigenvalue weighted by Gasteiger charge is -2.14. The van der Waals surface area contributed by atoms with Gasteiger partial charge in [-0.3, -0.25) is 0 Å². The first-order valence-corrected chi connectivity index (χ1v) is 14.1. The van der Waals surface area contributed by atoms with Gasteiger partial charge in [-0.05, 0) is 22.6 Å². The molecule has 0 fully saturated rings. The molecule has 0 aliphatic carbocycles. The van der Waals surface area contributed by atoms with Crippen LogP contribution in [-0.2, 0) is 10.1 Å². The molecule has 0 aliphatic heterocycles. The van der Waals surface area contributed by atoms with Gasteiger partial charge in [0.05, 0.1) is 0 Å². The second kappa shape index (κ2) is 10.7. The second-order valence-electron chi connectivity index (χ2n) is 9.26. The van der Waals surface area contributed by atoms with Gasteiger partial charge in [0.2, 0.25) is 0 Å². The zero-order valence-electron chi connectivity index (χ0n) is 21.7. The number of hydrogen-bond acceptors (Lipinski definition) is 6. The molecule has 0 spiro atoms. The maximum absolute atomic E-state index is 13.1. The van der Waals surface area contributed by atoms with Crippen molar-refractivity contribution in [3.63, 3.8) is 0 Å². The van der Waals surface area contributed by atoms with Gasteiger partial charge in [0.1, 0.15) is 0 Å². The number of hydrogen-bond donors (Lipinski definition) is 0. The molecule has 10 heteroatoms. The van der Waals surface area contributed by atoms with Gasteiger partial charge in [-0.2, -0.15) is 21.6 Å². The lowest BCUT2D eigenvalue weighted by molar-refractivity contribution is -0.0499. The van der Waals surface area contributed by atoms with Crippen LogP contribution in [0.2, 0.25) is 0 Å². The topological polar surface area (TPSA) is 82.0 Å². The van der Waals surface area contributed by atoms with E-state index in [-0.39, 0.29) is 5.39 Å². The van der Waals surface area contributed by atoms with Crippen molar-refractivity contribution in [3.8, 4) is 51.0 Å². The van der Waals surface area contributed by atoms with E-state index in [0.29, 0.717) is 39.5 Å². The molecule has 1 heterocycles. The Morgan fingerprint density at radius 3 is 1.48 bits per heavy atom. The first-order valence-electron chi connectivity index (χ1n) is 12.7. The van der Waals surface area contributed by atoms with Gasteiger partial charge in [-0.1, -0.05) is 115 Å². The molecule has 1 aromatic heterocycles. The Labute approximate surface area is 239 Å². The molecule has 5 aromatic carbocycles. The molecule has 0 bridgehead atoms. The number of aromatic nitrogens is 3. The van der Waals surface area contributed by atoms with E-state index in [1.807, 2.05) is 60.7 Å². The molecule has 208 valence electrons. The van der Waals surface area contributed by atoms with Crippen LogP contribution < -0.4 is 4.18 Å². The van der Waals surface area contributed by atoms with E-state index < -0.39 is 21.4 Å². The van der Waals surface area contributed by atoms with Crippen LogP contribution in [0.5, 0.6) is 5.75 Å². The highest BCUT2D eigenvalue weighted by Gasteiger charge is 2.48. The Morgan fingerprint density at radius 2 is 0.976 bits per heavy atom. The molecule has 6 rings (SSSR count). The van der Waals surface area contributed by atoms with Gasteiger partial charge < -0.3 is 4.18 Å². The molecular weight excluding hydrogens is 563 g/mol. The van der Waals surface area contributed by atoms with E-state index in [9.17, 15) is 21.6 Å². The fourth-order valence-corrected chi connectivity index (χ4v) is 4.99. The quantitative estimate of drug-likeness (QED) is 0.146. The van der Waals surface area contributed by atoms with E-state index in [1.165, 1.54) is 12.1 Å². The predicted octanol–water partition coefficient (Wildman–Crippen LogP) is 7.92. The fourth-order valence-electron chi connectivity index (χ4n) is 4.52. The van der Waals surface area contributed by atoms with E-state index in [2.05, 4.69) is 9.17 Å². The number of nitrogens with zero attached hydrogens (tertiary/aromatic N) is 3. The molecule has 0 saturated carbocycles. The van der Waals surface area contributed by atoms with Crippen molar-refractivity contribution < 1.29 is 25.8 Å². The van der Waals surface area contributed by atoms with Crippen LogP contribution in [0.4, 0.5) is 13.2 Å². The van der Waals surface area contributed by atoms with Gasteiger partial charge in [-0.25, -0.2) is 15.0 Å². The van der Waals surface area contributed by atoms with Crippen molar-refractivity contribution in [2.75, 3.05) is 0 Å². The summed E-state index contributed by atoms with van der Waals surface area (Å²) in [5.74, 6) is 1.03. The highest BCUT2D eigenvalue weighted by atomic mass is 32.2. The van der Waals surface area contributed by atoms with Crippen LogP contribution in [0.1, 0.15) is 0 Å². The summed E-state index contributed by atoms with van der Waals surface area (Å²) in [5, 5.41) is 0.752. The third-order valence-electron chi connectivity index (χ3n) is 6.50. The van der Waals surface area contributed by atoms with E-state index in [4.69, 9.17) is 9.97 Å². The van der Waals surface area contributed by atoms with Crippen molar-refractivity contribution in [2.45, 2.75) is 5.51 Å². The Hall–Kier alpha value is -5.09. The van der Waals surface area contributed by atoms with Gasteiger partial charge in [0.15, 0.2) is 23.2 Å². The second-order valence-corrected chi connectivity index (χ2v) is 10.8. The normalized spacial score (nSPS) is 11.9. The highest BCUT2D eigenvalue weighted by molar-refractivity contribution is 7.88. The van der Waals surface area contributed by atoms with Crippen LogP contribution in [0, 0.1) is 0 Å². The number of rotatable bonds is 6. The summed E-state index contributed by atoms with van der Waals surface area (Å²) in [6.45, 7) is 0. The average Bonchev–Trinajstić information content (AvgIpc) is 3.01. The maximum atomic E-state index is 13.1. The minimum absolute atomic E-state index is 0.235. The number of alkyl halides is 3. The van der Waals surface area contributed by atoms with Crippen molar-refractivity contribution in [1.82, 2.24) is 15.0 Å². The Balaban J connectivity index is 1.44. The summed E-state index contributed by atoms with van der Waals surface area (Å²) in [4.78, 5) is 14.1. The van der Waals surface area contributed by atoms with Crippen LogP contribution in [0.3, 0.4) is 0 Å². The minimum atomic E-state index is -5.86. The standard InChI is InChI=1S/C32H20F3N3O3S/c33-32(34,35)42(39,40)41-27-16-8-14-22-13-7-15-26(28(22)27)21-17-19-25(20-18-21)31-37-29(23-9-3-1-4-10-23)36-30(38-31)24-11-5-2-6-12-24/h1-20H. The van der Waals surface area contributed by atoms with Crippen LogP contribution in [0.15, 0.2) is 121 Å². The average molecular weight is 584 g/mol. The van der Waals surface area contributed by atoms with E-state index in [1.54, 1.807) is 48.5 Å². The summed E-state index contributed by atoms with van der Waals surface area (Å²) in [7, 11) is -5.86. The van der Waals surface area contributed by atoms with Gasteiger partial charge in [0.25, 0.3) is 0 Å². The number of benzene rings is 5. The minimum Gasteiger partial charge on any atom is -0.375 e. The van der Waals surface area contributed by atoms with Crippen molar-refractivity contribution >= 4 is 20.9 Å². The summed E-state index contributed by atoms with van der Waals surface area (Å²) in [5.41, 5.74) is -2.10. The van der Waals surface area contributed by atoms with Gasteiger partial charge in [0, 0.05) is 22.1 Å². The summed E-state index contributed by atoms with van der Waals surface area (Å²) < 4.78 is 67.5. The molecule has 0 amide bonds. The largest absolute Gasteiger partial charge is 0.534 e. The van der Waals surface area contributed by atoms with Gasteiger partial charge in [-0.15, -0.1) is 0 Å². The molecule has 0 atom stereocenters. The van der Waals surface area contributed by atoms with Crippen LogP contribution in [0.25, 0.3) is 56.1 Å². The Bertz CT molecular complexity index is 1940. The van der Waals surface area contributed by atoms with Crippen molar-refractivity contribution in [2.24, 2.45) is 0 Å². The number of fused-ring (bicyclic) bond motifs is 1. The SMILES string of the molecule is O=S(=O)(Oc1cccc2cccc(-c3ccc(-c4nc(-c5ccccc5)nc(-c5ccccc5)n4)cc3)c12)C(F)(F)F. The number of halogens is 3. The third-order valence-corrected chi connectivity index (χ3v) is 7.47. The molecule has 0 radical (unpaired) electrons. The van der Waals surface area contributed by atoms with Crippen LogP contribution in [-0.4, -0.2) is 28.9 Å². The zero-order valence-corrected chi connectivity index (χ0v) is 22.5.